The summed E-state index contributed by atoms with van der Waals surface area (Å²) in [6.45, 7) is 0. The van der Waals surface area contributed by atoms with Crippen molar-refractivity contribution in [3.8, 4) is 33.4 Å². The Labute approximate surface area is 260 Å². The molecule has 0 unspecified atom stereocenters. The lowest BCUT2D eigenvalue weighted by molar-refractivity contribution is 1.65. The van der Waals surface area contributed by atoms with E-state index in [4.69, 9.17) is 15.1 Å². The SMILES string of the molecule is [2H]c1c([2H])c([2H])c(-c2c3c([2H])c([2H])c([2H])c([2H])c3c(-c3c([2H])c([2H])c(-c4ccc5ccccc5c4)c4c([2H])c([2H])c([2H])c([2H])c34)c3c([2H])c([2H])c([2H])c([2H])c23)c([2H])c1[2H]. The number of benzene rings is 8. The fraction of sp³-hybridized carbons (Fsp3) is 0. The highest BCUT2D eigenvalue weighted by molar-refractivity contribution is 6.24. The zero-order chi connectivity index (χ0) is 43.0. The fourth-order valence-corrected chi connectivity index (χ4v) is 5.19. The molecule has 0 amide bonds. The highest BCUT2D eigenvalue weighted by atomic mass is 14.2. The predicted octanol–water partition coefficient (Wildman–Crippen LogP) is 11.3. The van der Waals surface area contributed by atoms with Crippen LogP contribution < -0.4 is 0 Å². The van der Waals surface area contributed by atoms with E-state index in [9.17, 15) is 11.0 Å². The van der Waals surface area contributed by atoms with Gasteiger partial charge in [-0.25, -0.2) is 0 Å². The highest BCUT2D eigenvalue weighted by Gasteiger charge is 2.18. The second-order valence-electron chi connectivity index (χ2n) is 9.06. The van der Waals surface area contributed by atoms with Crippen LogP contribution in [0.15, 0.2) is 157 Å². The van der Waals surface area contributed by atoms with Crippen molar-refractivity contribution in [3.05, 3.63) is 157 Å². The van der Waals surface area contributed by atoms with Crippen molar-refractivity contribution >= 4 is 43.1 Å². The summed E-state index contributed by atoms with van der Waals surface area (Å²) in [5.41, 5.74) is -1.98. The molecule has 0 fully saturated rings. The minimum Gasteiger partial charge on any atom is -0.0622 e. The first-order chi connectivity index (χ1) is 27.8. The van der Waals surface area contributed by atoms with Gasteiger partial charge in [0.25, 0.3) is 0 Å². The molecule has 0 radical (unpaired) electrons. The molecule has 0 aliphatic rings. The van der Waals surface area contributed by atoms with Crippen LogP contribution in [-0.2, 0) is 0 Å². The van der Waals surface area contributed by atoms with Crippen LogP contribution in [0.2, 0.25) is 0 Å². The van der Waals surface area contributed by atoms with Gasteiger partial charge in [0.2, 0.25) is 0 Å². The molecule has 0 heteroatoms. The van der Waals surface area contributed by atoms with E-state index in [0.717, 1.165) is 5.39 Å². The molecule has 0 nitrogen and oxygen atoms in total. The van der Waals surface area contributed by atoms with Crippen LogP contribution in [0.25, 0.3) is 76.5 Å². The largest absolute Gasteiger partial charge is 0.0630 e. The van der Waals surface area contributed by atoms with Gasteiger partial charge in [-0.2, -0.15) is 0 Å². The second kappa shape index (κ2) is 9.22. The number of hydrogen-bond donors (Lipinski definition) is 0. The summed E-state index contributed by atoms with van der Waals surface area (Å²) in [5, 5.41) is -1.32. The third kappa shape index (κ3) is 3.54. The van der Waals surface area contributed by atoms with E-state index < -0.39 is 164 Å². The molecular formula is C40H26. The van der Waals surface area contributed by atoms with Crippen LogP contribution >= 0.6 is 0 Å². The first-order valence-electron chi connectivity index (χ1n) is 21.8. The van der Waals surface area contributed by atoms with Crippen molar-refractivity contribution in [1.82, 2.24) is 0 Å². The monoisotopic (exact) mass is 525 g/mol. The molecule has 0 heterocycles. The van der Waals surface area contributed by atoms with Crippen LogP contribution in [-0.4, -0.2) is 0 Å². The molecule has 8 aromatic rings. The third-order valence-corrected chi connectivity index (χ3v) is 6.91. The topological polar surface area (TPSA) is 0 Å². The van der Waals surface area contributed by atoms with E-state index in [-0.39, 0.29) is 10.9 Å². The Morgan fingerprint density at radius 2 is 0.850 bits per heavy atom. The second-order valence-corrected chi connectivity index (χ2v) is 9.06. The van der Waals surface area contributed by atoms with Gasteiger partial charge in [-0.15, -0.1) is 0 Å². The maximum atomic E-state index is 9.66. The van der Waals surface area contributed by atoms with Gasteiger partial charge in [-0.1, -0.05) is 151 Å². The summed E-state index contributed by atoms with van der Waals surface area (Å²) < 4.78 is 170. The van der Waals surface area contributed by atoms with E-state index >= 15 is 0 Å². The van der Waals surface area contributed by atoms with Crippen LogP contribution in [0.3, 0.4) is 0 Å². The van der Waals surface area contributed by atoms with Crippen LogP contribution in [0.4, 0.5) is 0 Å². The van der Waals surface area contributed by atoms with Crippen molar-refractivity contribution < 1.29 is 26.0 Å². The molecule has 0 N–H and O–H groups in total. The van der Waals surface area contributed by atoms with Crippen LogP contribution in [0, 0.1) is 0 Å². The Hall–Kier alpha value is -5.20. The first-order valence-corrected chi connectivity index (χ1v) is 12.3. The molecule has 0 aliphatic carbocycles. The van der Waals surface area contributed by atoms with Crippen molar-refractivity contribution in [1.29, 1.82) is 0 Å². The van der Waals surface area contributed by atoms with E-state index in [2.05, 4.69) is 0 Å². The summed E-state index contributed by atoms with van der Waals surface area (Å²) in [7, 11) is 0. The zero-order valence-corrected chi connectivity index (χ0v) is 20.5. The lowest BCUT2D eigenvalue weighted by atomic mass is 9.84. The summed E-state index contributed by atoms with van der Waals surface area (Å²) in [6.07, 6.45) is 0. The van der Waals surface area contributed by atoms with Crippen molar-refractivity contribution in [2.75, 3.05) is 0 Å². The number of rotatable bonds is 3. The van der Waals surface area contributed by atoms with Gasteiger partial charge in [0.1, 0.15) is 0 Å². The van der Waals surface area contributed by atoms with E-state index in [1.165, 1.54) is 0 Å². The molecule has 0 saturated carbocycles. The Bertz CT molecular complexity index is 3150. The first kappa shape index (κ1) is 10.8. The normalized spacial score (nSPS) is 18.1. The molecule has 40 heavy (non-hydrogen) atoms. The fourth-order valence-electron chi connectivity index (χ4n) is 5.19. The molecule has 0 saturated heterocycles. The molecule has 186 valence electrons. The molecule has 0 spiro atoms. The lowest BCUT2D eigenvalue weighted by Crippen LogP contribution is -1.92. The van der Waals surface area contributed by atoms with Gasteiger partial charge in [-0.3, -0.25) is 0 Å². The van der Waals surface area contributed by atoms with Gasteiger partial charge in [0.05, 0.1) is 26.0 Å². The molecule has 8 aromatic carbocycles. The van der Waals surface area contributed by atoms with Gasteiger partial charge in [-0.05, 0) is 82.5 Å². The molecule has 0 bridgehead atoms. The highest BCUT2D eigenvalue weighted by Crippen LogP contribution is 2.46. The van der Waals surface area contributed by atoms with Crippen molar-refractivity contribution in [2.45, 2.75) is 0 Å². The Morgan fingerprint density at radius 1 is 0.350 bits per heavy atom. The Balaban J connectivity index is 1.76. The molecular weight excluding hydrogens is 480 g/mol. The van der Waals surface area contributed by atoms with Crippen molar-refractivity contribution in [3.63, 3.8) is 0 Å². The summed E-state index contributed by atoms with van der Waals surface area (Å²) >= 11 is 0. The molecule has 0 atom stereocenters. The van der Waals surface area contributed by atoms with E-state index in [0.29, 0.717) is 10.9 Å². The molecule has 0 aliphatic heterocycles. The maximum Gasteiger partial charge on any atom is 0.0630 e. The smallest absolute Gasteiger partial charge is 0.0622 e. The number of hydrogen-bond acceptors (Lipinski definition) is 0. The van der Waals surface area contributed by atoms with Crippen molar-refractivity contribution in [2.24, 2.45) is 0 Å². The van der Waals surface area contributed by atoms with Gasteiger partial charge < -0.3 is 0 Å². The third-order valence-electron chi connectivity index (χ3n) is 6.91. The molecule has 0 aromatic heterocycles. The minimum atomic E-state index is -0.854. The van der Waals surface area contributed by atoms with Gasteiger partial charge >= 0.3 is 0 Å². The zero-order valence-electron chi connectivity index (χ0n) is 39.5. The van der Waals surface area contributed by atoms with Crippen LogP contribution in [0.1, 0.15) is 26.0 Å². The lowest BCUT2D eigenvalue weighted by Gasteiger charge is -2.19. The summed E-state index contributed by atoms with van der Waals surface area (Å²) in [6, 6.07) is -2.73. The van der Waals surface area contributed by atoms with Gasteiger partial charge in [0.15, 0.2) is 0 Å². The summed E-state index contributed by atoms with van der Waals surface area (Å²) in [4.78, 5) is 0. The van der Waals surface area contributed by atoms with E-state index in [1.54, 1.807) is 30.3 Å². The van der Waals surface area contributed by atoms with Crippen LogP contribution in [0.5, 0.6) is 0 Å². The summed E-state index contributed by atoms with van der Waals surface area (Å²) in [5.74, 6) is 0. The van der Waals surface area contributed by atoms with E-state index in [1.807, 2.05) is 12.1 Å². The Morgan fingerprint density at radius 3 is 1.50 bits per heavy atom. The number of fused-ring (bicyclic) bond motifs is 4. The average Bonchev–Trinajstić information content (AvgIpc) is 3.23. The standard InChI is InChI=1S/C40H26/c1-2-13-28(14-3-1)39-34-18-8-10-20-36(34)40(37-21-11-9-19-35(37)39)38-25-24-31(32-16-6-7-17-33(32)38)30-23-22-27-12-4-5-15-29(27)26-30/h1-26H/i1D,2D,3D,6D,7D,8D,9D,10D,11D,13D,14D,16D,17D,18D,19D,20D,21D,24D,25D. The Kier molecular flexibility index (Phi) is 2.48. The quantitative estimate of drug-likeness (QED) is 0.201. The molecule has 8 rings (SSSR count). The minimum absolute atomic E-state index is 0.0698. The predicted molar refractivity (Wildman–Crippen MR) is 173 cm³/mol. The average molecular weight is 526 g/mol. The van der Waals surface area contributed by atoms with Gasteiger partial charge in [0, 0.05) is 0 Å². The maximum absolute atomic E-state index is 9.66.